The summed E-state index contributed by atoms with van der Waals surface area (Å²) in [4.78, 5) is 8.59. The number of imidazole rings is 2. The van der Waals surface area contributed by atoms with E-state index >= 15 is 0 Å². The Hall–Kier alpha value is -1.82. The topological polar surface area (TPSA) is 56.9 Å². The van der Waals surface area contributed by atoms with Gasteiger partial charge in [-0.25, -0.2) is 9.97 Å². The van der Waals surface area contributed by atoms with Gasteiger partial charge in [0.1, 0.15) is 5.82 Å². The first-order chi connectivity index (χ1) is 8.81. The summed E-state index contributed by atoms with van der Waals surface area (Å²) in [6, 6.07) is 0. The van der Waals surface area contributed by atoms with Crippen molar-refractivity contribution in [3.8, 4) is 0 Å². The number of anilines is 1. The summed E-state index contributed by atoms with van der Waals surface area (Å²) in [7, 11) is 3.70. The molecule has 0 aliphatic rings. The molecule has 2 aromatic heterocycles. The quantitative estimate of drug-likeness (QED) is 0.741. The van der Waals surface area contributed by atoms with Crippen LogP contribution in [0.4, 0.5) is 5.95 Å². The SMILES string of the molecule is COCCNc1nccn1CCc1nccn1C. The molecule has 0 aromatic carbocycles. The molecular weight excluding hydrogens is 230 g/mol. The number of nitrogens with one attached hydrogen (secondary N) is 1. The highest BCUT2D eigenvalue weighted by Gasteiger charge is 2.04. The van der Waals surface area contributed by atoms with Crippen molar-refractivity contribution in [2.24, 2.45) is 7.05 Å². The molecule has 0 aliphatic carbocycles. The molecule has 0 atom stereocenters. The molecule has 98 valence electrons. The molecule has 6 heteroatoms. The van der Waals surface area contributed by atoms with Gasteiger partial charge in [0.05, 0.1) is 6.61 Å². The van der Waals surface area contributed by atoms with Crippen molar-refractivity contribution in [1.29, 1.82) is 0 Å². The lowest BCUT2D eigenvalue weighted by molar-refractivity contribution is 0.210. The summed E-state index contributed by atoms with van der Waals surface area (Å²) in [6.07, 6.45) is 8.44. The van der Waals surface area contributed by atoms with Crippen LogP contribution in [-0.2, 0) is 24.8 Å². The van der Waals surface area contributed by atoms with Crippen molar-refractivity contribution in [1.82, 2.24) is 19.1 Å². The molecule has 6 nitrogen and oxygen atoms in total. The molecule has 0 radical (unpaired) electrons. The van der Waals surface area contributed by atoms with Crippen molar-refractivity contribution in [2.45, 2.75) is 13.0 Å². The molecule has 2 rings (SSSR count). The van der Waals surface area contributed by atoms with E-state index < -0.39 is 0 Å². The molecular formula is C12H19N5O. The molecule has 0 saturated heterocycles. The summed E-state index contributed by atoms with van der Waals surface area (Å²) < 4.78 is 9.13. The molecule has 2 heterocycles. The van der Waals surface area contributed by atoms with Crippen LogP contribution in [0, 0.1) is 0 Å². The third kappa shape index (κ3) is 3.10. The number of hydrogen-bond acceptors (Lipinski definition) is 4. The minimum Gasteiger partial charge on any atom is -0.383 e. The van der Waals surface area contributed by atoms with Crippen LogP contribution in [0.25, 0.3) is 0 Å². The normalized spacial score (nSPS) is 10.8. The van der Waals surface area contributed by atoms with Crippen molar-refractivity contribution in [3.63, 3.8) is 0 Å². The second-order valence-corrected chi connectivity index (χ2v) is 4.07. The highest BCUT2D eigenvalue weighted by atomic mass is 16.5. The van der Waals surface area contributed by atoms with Crippen LogP contribution >= 0.6 is 0 Å². The Labute approximate surface area is 107 Å². The fourth-order valence-corrected chi connectivity index (χ4v) is 1.78. The smallest absolute Gasteiger partial charge is 0.202 e. The highest BCUT2D eigenvalue weighted by molar-refractivity contribution is 5.25. The Morgan fingerprint density at radius 3 is 2.83 bits per heavy atom. The van der Waals surface area contributed by atoms with E-state index in [-0.39, 0.29) is 0 Å². The van der Waals surface area contributed by atoms with E-state index in [1.807, 2.05) is 30.2 Å². The van der Waals surface area contributed by atoms with Gasteiger partial charge < -0.3 is 19.2 Å². The number of aromatic nitrogens is 4. The maximum atomic E-state index is 5.00. The number of nitrogens with zero attached hydrogens (tertiary/aromatic N) is 4. The van der Waals surface area contributed by atoms with E-state index in [2.05, 4.69) is 19.9 Å². The average Bonchev–Trinajstić information content (AvgIpc) is 2.96. The summed E-state index contributed by atoms with van der Waals surface area (Å²) >= 11 is 0. The number of ether oxygens (including phenoxy) is 1. The van der Waals surface area contributed by atoms with Gasteiger partial charge in [-0.1, -0.05) is 0 Å². The van der Waals surface area contributed by atoms with Gasteiger partial charge in [0.15, 0.2) is 0 Å². The van der Waals surface area contributed by atoms with Gasteiger partial charge in [-0.3, -0.25) is 0 Å². The van der Waals surface area contributed by atoms with Crippen molar-refractivity contribution >= 4 is 5.95 Å². The predicted octanol–water partition coefficient (Wildman–Crippen LogP) is 0.918. The van der Waals surface area contributed by atoms with Gasteiger partial charge in [0, 0.05) is 58.5 Å². The van der Waals surface area contributed by atoms with Crippen LogP contribution in [0.15, 0.2) is 24.8 Å². The Bertz CT molecular complexity index is 476. The van der Waals surface area contributed by atoms with Crippen LogP contribution < -0.4 is 5.32 Å². The molecule has 0 unspecified atom stereocenters. The van der Waals surface area contributed by atoms with Crippen molar-refractivity contribution in [2.75, 3.05) is 25.6 Å². The van der Waals surface area contributed by atoms with E-state index in [4.69, 9.17) is 4.74 Å². The molecule has 0 amide bonds. The Balaban J connectivity index is 1.89. The summed E-state index contributed by atoms with van der Waals surface area (Å²) in [5.74, 6) is 1.95. The lowest BCUT2D eigenvalue weighted by Crippen LogP contribution is -2.13. The summed E-state index contributed by atoms with van der Waals surface area (Å²) in [6.45, 7) is 2.29. The van der Waals surface area contributed by atoms with E-state index in [1.54, 1.807) is 13.3 Å². The zero-order chi connectivity index (χ0) is 12.8. The van der Waals surface area contributed by atoms with E-state index in [0.29, 0.717) is 6.61 Å². The third-order valence-corrected chi connectivity index (χ3v) is 2.80. The molecule has 0 fully saturated rings. The molecule has 0 spiro atoms. The van der Waals surface area contributed by atoms with Gasteiger partial charge >= 0.3 is 0 Å². The number of hydrogen-bond donors (Lipinski definition) is 1. The van der Waals surface area contributed by atoms with Crippen LogP contribution in [0.5, 0.6) is 0 Å². The molecule has 0 aliphatic heterocycles. The Morgan fingerprint density at radius 2 is 2.11 bits per heavy atom. The van der Waals surface area contributed by atoms with E-state index in [9.17, 15) is 0 Å². The second-order valence-electron chi connectivity index (χ2n) is 4.07. The number of aryl methyl sites for hydroxylation is 3. The third-order valence-electron chi connectivity index (χ3n) is 2.80. The lowest BCUT2D eigenvalue weighted by Gasteiger charge is -2.09. The summed E-state index contributed by atoms with van der Waals surface area (Å²) in [5, 5.41) is 3.24. The second kappa shape index (κ2) is 6.20. The first-order valence-electron chi connectivity index (χ1n) is 6.01. The highest BCUT2D eigenvalue weighted by Crippen LogP contribution is 2.06. The largest absolute Gasteiger partial charge is 0.383 e. The maximum Gasteiger partial charge on any atom is 0.202 e. The molecule has 0 bridgehead atoms. The fourth-order valence-electron chi connectivity index (χ4n) is 1.78. The molecule has 1 N–H and O–H groups in total. The first-order valence-corrected chi connectivity index (χ1v) is 6.01. The van der Waals surface area contributed by atoms with Crippen LogP contribution in [0.2, 0.25) is 0 Å². The standard InChI is InChI=1S/C12H19N5O/c1-16-8-4-13-11(16)3-7-17-9-5-14-12(17)15-6-10-18-2/h4-5,8-9H,3,6-7,10H2,1-2H3,(H,14,15). The van der Waals surface area contributed by atoms with Crippen molar-refractivity contribution in [3.05, 3.63) is 30.6 Å². The predicted molar refractivity (Wildman–Crippen MR) is 69.5 cm³/mol. The molecule has 18 heavy (non-hydrogen) atoms. The lowest BCUT2D eigenvalue weighted by atomic mass is 10.4. The molecule has 0 saturated carbocycles. The van der Waals surface area contributed by atoms with E-state index in [1.165, 1.54) is 0 Å². The van der Waals surface area contributed by atoms with Crippen LogP contribution in [-0.4, -0.2) is 39.4 Å². The van der Waals surface area contributed by atoms with E-state index in [0.717, 1.165) is 31.3 Å². The zero-order valence-electron chi connectivity index (χ0n) is 10.8. The minimum atomic E-state index is 0.673. The number of methoxy groups -OCH3 is 1. The Kier molecular flexibility index (Phi) is 4.35. The molecule has 2 aromatic rings. The number of rotatable bonds is 7. The monoisotopic (exact) mass is 249 g/mol. The van der Waals surface area contributed by atoms with Gasteiger partial charge in [-0.15, -0.1) is 0 Å². The zero-order valence-corrected chi connectivity index (χ0v) is 10.8. The first kappa shape index (κ1) is 12.6. The van der Waals surface area contributed by atoms with Crippen LogP contribution in [0.3, 0.4) is 0 Å². The average molecular weight is 249 g/mol. The van der Waals surface area contributed by atoms with Crippen LogP contribution in [0.1, 0.15) is 5.82 Å². The van der Waals surface area contributed by atoms with Gasteiger partial charge in [0.2, 0.25) is 5.95 Å². The summed E-state index contributed by atoms with van der Waals surface area (Å²) in [5.41, 5.74) is 0. The van der Waals surface area contributed by atoms with Crippen molar-refractivity contribution < 1.29 is 4.74 Å². The fraction of sp³-hybridized carbons (Fsp3) is 0.500. The van der Waals surface area contributed by atoms with Gasteiger partial charge in [-0.2, -0.15) is 0 Å². The van der Waals surface area contributed by atoms with Gasteiger partial charge in [-0.05, 0) is 0 Å². The maximum absolute atomic E-state index is 5.00. The minimum absolute atomic E-state index is 0.673. The Morgan fingerprint density at radius 1 is 1.28 bits per heavy atom. The van der Waals surface area contributed by atoms with Gasteiger partial charge in [0.25, 0.3) is 0 Å².